The molecule has 1 aliphatic carbocycles. The molecule has 1 N–H and O–H groups in total. The summed E-state index contributed by atoms with van der Waals surface area (Å²) in [6, 6.07) is 2.38. The summed E-state index contributed by atoms with van der Waals surface area (Å²) in [5, 5.41) is 7.63. The molecule has 118 valence electrons. The van der Waals surface area contributed by atoms with Gasteiger partial charge in [0.15, 0.2) is 5.65 Å². The number of rotatable bonds is 4. The Morgan fingerprint density at radius 1 is 1.32 bits per heavy atom. The highest BCUT2D eigenvalue weighted by atomic mass is 16.1. The highest BCUT2D eigenvalue weighted by Gasteiger charge is 2.18. The Morgan fingerprint density at radius 3 is 2.77 bits per heavy atom. The van der Waals surface area contributed by atoms with E-state index in [1.165, 1.54) is 12.8 Å². The van der Waals surface area contributed by atoms with E-state index in [0.717, 1.165) is 47.6 Å². The van der Waals surface area contributed by atoms with Crippen LogP contribution in [0.2, 0.25) is 0 Å². The van der Waals surface area contributed by atoms with Gasteiger partial charge in [0, 0.05) is 29.9 Å². The Bertz CT molecular complexity index is 698. The molecule has 0 bridgehead atoms. The van der Waals surface area contributed by atoms with E-state index in [4.69, 9.17) is 0 Å². The summed E-state index contributed by atoms with van der Waals surface area (Å²) in [6.07, 6.45) is 5.97. The van der Waals surface area contributed by atoms with Gasteiger partial charge in [0.1, 0.15) is 0 Å². The van der Waals surface area contributed by atoms with Gasteiger partial charge in [-0.05, 0) is 45.6 Å². The first-order valence-electron chi connectivity index (χ1n) is 8.16. The lowest BCUT2D eigenvalue weighted by Crippen LogP contribution is -2.32. The van der Waals surface area contributed by atoms with Gasteiger partial charge >= 0.3 is 0 Å². The largest absolute Gasteiger partial charge is 0.353 e. The van der Waals surface area contributed by atoms with E-state index < -0.39 is 0 Å². The number of fused-ring (bicyclic) bond motifs is 1. The molecule has 0 atom stereocenters. The highest BCUT2D eigenvalue weighted by Crippen LogP contribution is 2.19. The number of nitrogens with one attached hydrogen (secondary N) is 1. The second kappa shape index (κ2) is 6.07. The molecule has 2 heterocycles. The quantitative estimate of drug-likeness (QED) is 0.944. The molecule has 2 aromatic heterocycles. The average molecular weight is 300 g/mol. The Balaban J connectivity index is 1.71. The zero-order valence-electron chi connectivity index (χ0n) is 13.6. The normalized spacial score (nSPS) is 15.6. The van der Waals surface area contributed by atoms with E-state index >= 15 is 0 Å². The van der Waals surface area contributed by atoms with Gasteiger partial charge in [-0.15, -0.1) is 0 Å². The SMILES string of the molecule is Cc1cc2nc(C)c(CCC(=O)NC3CCCC3)c(C)n2n1. The minimum Gasteiger partial charge on any atom is -0.353 e. The van der Waals surface area contributed by atoms with Gasteiger partial charge < -0.3 is 5.32 Å². The van der Waals surface area contributed by atoms with E-state index in [1.807, 2.05) is 24.4 Å². The number of hydrogen-bond donors (Lipinski definition) is 1. The summed E-state index contributed by atoms with van der Waals surface area (Å²) in [7, 11) is 0. The van der Waals surface area contributed by atoms with Crippen molar-refractivity contribution in [2.24, 2.45) is 0 Å². The van der Waals surface area contributed by atoms with Crippen LogP contribution in [0.5, 0.6) is 0 Å². The van der Waals surface area contributed by atoms with Crippen LogP contribution in [0, 0.1) is 20.8 Å². The van der Waals surface area contributed by atoms with E-state index in [1.54, 1.807) is 0 Å². The van der Waals surface area contributed by atoms with Crippen LogP contribution < -0.4 is 5.32 Å². The zero-order chi connectivity index (χ0) is 15.7. The number of nitrogens with zero attached hydrogens (tertiary/aromatic N) is 3. The Hall–Kier alpha value is -1.91. The predicted molar refractivity (Wildman–Crippen MR) is 85.9 cm³/mol. The monoisotopic (exact) mass is 300 g/mol. The molecule has 3 rings (SSSR count). The number of hydrogen-bond acceptors (Lipinski definition) is 3. The van der Waals surface area contributed by atoms with E-state index in [9.17, 15) is 4.79 Å². The molecule has 0 spiro atoms. The van der Waals surface area contributed by atoms with Crippen molar-refractivity contribution < 1.29 is 4.79 Å². The topological polar surface area (TPSA) is 59.3 Å². The maximum absolute atomic E-state index is 12.1. The van der Waals surface area contributed by atoms with E-state index in [-0.39, 0.29) is 5.91 Å². The second-order valence-corrected chi connectivity index (χ2v) is 6.37. The third-order valence-electron chi connectivity index (χ3n) is 4.61. The minimum absolute atomic E-state index is 0.155. The van der Waals surface area contributed by atoms with Crippen molar-refractivity contribution in [2.75, 3.05) is 0 Å². The van der Waals surface area contributed by atoms with Gasteiger partial charge in [0.25, 0.3) is 0 Å². The molecule has 1 fully saturated rings. The number of amides is 1. The molecule has 0 unspecified atom stereocenters. The van der Waals surface area contributed by atoms with Crippen molar-refractivity contribution in [1.29, 1.82) is 0 Å². The van der Waals surface area contributed by atoms with Crippen LogP contribution in [0.4, 0.5) is 0 Å². The van der Waals surface area contributed by atoms with Crippen molar-refractivity contribution in [3.05, 3.63) is 28.7 Å². The van der Waals surface area contributed by atoms with Crippen LogP contribution in [0.25, 0.3) is 5.65 Å². The molecule has 0 saturated heterocycles. The van der Waals surface area contributed by atoms with Crippen molar-refractivity contribution in [3.63, 3.8) is 0 Å². The smallest absolute Gasteiger partial charge is 0.220 e. The van der Waals surface area contributed by atoms with Gasteiger partial charge in [-0.25, -0.2) is 9.50 Å². The van der Waals surface area contributed by atoms with Crippen LogP contribution in [-0.4, -0.2) is 26.5 Å². The first-order chi connectivity index (χ1) is 10.5. The lowest BCUT2D eigenvalue weighted by molar-refractivity contribution is -0.121. The van der Waals surface area contributed by atoms with E-state index in [0.29, 0.717) is 12.5 Å². The molecule has 1 aliphatic rings. The Labute approximate surface area is 131 Å². The number of aryl methyl sites for hydroxylation is 3. The average Bonchev–Trinajstić information content (AvgIpc) is 3.07. The standard InChI is InChI=1S/C17H24N4O/c1-11-10-16-18-12(2)15(13(3)21(16)20-11)8-9-17(22)19-14-6-4-5-7-14/h10,14H,4-9H2,1-3H3,(H,19,22). The highest BCUT2D eigenvalue weighted by molar-refractivity contribution is 5.76. The fraction of sp³-hybridized carbons (Fsp3) is 0.588. The molecule has 1 saturated carbocycles. The molecule has 5 heteroatoms. The van der Waals surface area contributed by atoms with Crippen LogP contribution >= 0.6 is 0 Å². The van der Waals surface area contributed by atoms with Crippen molar-refractivity contribution in [3.8, 4) is 0 Å². The van der Waals surface area contributed by atoms with Crippen LogP contribution in [0.15, 0.2) is 6.07 Å². The van der Waals surface area contributed by atoms with Crippen LogP contribution in [-0.2, 0) is 11.2 Å². The summed E-state index contributed by atoms with van der Waals surface area (Å²) >= 11 is 0. The van der Waals surface area contributed by atoms with Gasteiger partial charge in [-0.2, -0.15) is 5.10 Å². The Kier molecular flexibility index (Phi) is 4.14. The molecule has 2 aromatic rings. The Morgan fingerprint density at radius 2 is 2.05 bits per heavy atom. The molecule has 1 amide bonds. The summed E-state index contributed by atoms with van der Waals surface area (Å²) in [4.78, 5) is 16.7. The zero-order valence-corrected chi connectivity index (χ0v) is 13.6. The minimum atomic E-state index is 0.155. The van der Waals surface area contributed by atoms with Gasteiger partial charge in [0.2, 0.25) is 5.91 Å². The third kappa shape index (κ3) is 2.98. The molecule has 0 aromatic carbocycles. The number of aromatic nitrogens is 3. The fourth-order valence-electron chi connectivity index (χ4n) is 3.41. The van der Waals surface area contributed by atoms with Crippen LogP contribution in [0.3, 0.4) is 0 Å². The maximum Gasteiger partial charge on any atom is 0.220 e. The number of carbonyl (C=O) groups is 1. The molecule has 0 aliphatic heterocycles. The summed E-state index contributed by atoms with van der Waals surface area (Å²) in [6.45, 7) is 6.04. The lowest BCUT2D eigenvalue weighted by atomic mass is 10.1. The molecule has 5 nitrogen and oxygen atoms in total. The van der Waals surface area contributed by atoms with Crippen molar-refractivity contribution in [2.45, 2.75) is 65.3 Å². The van der Waals surface area contributed by atoms with Gasteiger partial charge in [-0.1, -0.05) is 12.8 Å². The second-order valence-electron chi connectivity index (χ2n) is 6.37. The molecule has 0 radical (unpaired) electrons. The van der Waals surface area contributed by atoms with Gasteiger partial charge in [-0.3, -0.25) is 4.79 Å². The van der Waals surface area contributed by atoms with Crippen LogP contribution in [0.1, 0.15) is 54.7 Å². The van der Waals surface area contributed by atoms with E-state index in [2.05, 4.69) is 22.3 Å². The van der Waals surface area contributed by atoms with Crippen molar-refractivity contribution in [1.82, 2.24) is 19.9 Å². The fourth-order valence-corrected chi connectivity index (χ4v) is 3.41. The first-order valence-corrected chi connectivity index (χ1v) is 8.16. The molecule has 22 heavy (non-hydrogen) atoms. The van der Waals surface area contributed by atoms with Gasteiger partial charge in [0.05, 0.1) is 5.69 Å². The number of carbonyl (C=O) groups excluding carboxylic acids is 1. The molecular weight excluding hydrogens is 276 g/mol. The predicted octanol–water partition coefficient (Wildman–Crippen LogP) is 2.65. The maximum atomic E-state index is 12.1. The summed E-state index contributed by atoms with van der Waals surface area (Å²) in [5.41, 5.74) is 5.07. The summed E-state index contributed by atoms with van der Waals surface area (Å²) < 4.78 is 1.88. The summed E-state index contributed by atoms with van der Waals surface area (Å²) in [5.74, 6) is 0.155. The third-order valence-corrected chi connectivity index (χ3v) is 4.61. The first kappa shape index (κ1) is 15.0. The van der Waals surface area contributed by atoms with Crippen molar-refractivity contribution >= 4 is 11.6 Å². The lowest BCUT2D eigenvalue weighted by Gasteiger charge is -2.13. The molecular formula is C17H24N4O.